The van der Waals surface area contributed by atoms with Crippen LogP contribution in [0.4, 0.5) is 4.79 Å². The molecule has 0 bridgehead atoms. The molecule has 2 aromatic rings. The van der Waals surface area contributed by atoms with E-state index in [0.717, 1.165) is 11.1 Å². The van der Waals surface area contributed by atoms with Gasteiger partial charge in [0.15, 0.2) is 0 Å². The number of ether oxygens (including phenoxy) is 2. The molecule has 1 amide bonds. The Morgan fingerprint density at radius 2 is 1.69 bits per heavy atom. The minimum Gasteiger partial charge on any atom is -0.444 e. The Hall–Kier alpha value is -2.33. The number of benzene rings is 2. The monoisotopic (exact) mass is 353 g/mol. The third-order valence-corrected chi connectivity index (χ3v) is 4.62. The van der Waals surface area contributed by atoms with E-state index in [1.165, 1.54) is 0 Å². The van der Waals surface area contributed by atoms with Crippen LogP contribution < -0.4 is 0 Å². The molecule has 4 nitrogen and oxygen atoms in total. The minimum absolute atomic E-state index is 0.167. The van der Waals surface area contributed by atoms with E-state index in [-0.39, 0.29) is 12.2 Å². The highest BCUT2D eigenvalue weighted by Crippen LogP contribution is 2.44. The molecule has 3 rings (SSSR count). The third-order valence-electron chi connectivity index (χ3n) is 4.62. The summed E-state index contributed by atoms with van der Waals surface area (Å²) in [7, 11) is 0. The van der Waals surface area contributed by atoms with Gasteiger partial charge in [-0.25, -0.2) is 4.79 Å². The molecule has 0 spiro atoms. The van der Waals surface area contributed by atoms with Gasteiger partial charge in [-0.05, 0) is 38.8 Å². The summed E-state index contributed by atoms with van der Waals surface area (Å²) in [5.74, 6) is 0. The van der Waals surface area contributed by atoms with Gasteiger partial charge in [-0.3, -0.25) is 4.90 Å². The first kappa shape index (κ1) is 18.5. The van der Waals surface area contributed by atoms with E-state index in [2.05, 4.69) is 6.92 Å². The van der Waals surface area contributed by atoms with Crippen LogP contribution in [0, 0.1) is 0 Å². The molecule has 0 aliphatic carbocycles. The van der Waals surface area contributed by atoms with Gasteiger partial charge in [0.05, 0.1) is 12.1 Å². The molecule has 1 aliphatic heterocycles. The summed E-state index contributed by atoms with van der Waals surface area (Å²) in [5.41, 5.74) is 1.13. The van der Waals surface area contributed by atoms with Crippen molar-refractivity contribution >= 4 is 6.09 Å². The fourth-order valence-corrected chi connectivity index (χ4v) is 3.25. The van der Waals surface area contributed by atoms with Crippen LogP contribution in [0.15, 0.2) is 60.7 Å². The molecular weight excluding hydrogens is 326 g/mol. The molecule has 0 radical (unpaired) electrons. The van der Waals surface area contributed by atoms with E-state index in [1.54, 1.807) is 0 Å². The van der Waals surface area contributed by atoms with Crippen molar-refractivity contribution in [1.82, 2.24) is 4.90 Å². The molecule has 1 fully saturated rings. The Bertz CT molecular complexity index is 739. The van der Waals surface area contributed by atoms with Crippen LogP contribution in [0.5, 0.6) is 0 Å². The lowest BCUT2D eigenvalue weighted by Gasteiger charge is -2.53. The largest absolute Gasteiger partial charge is 0.444 e. The fourth-order valence-electron chi connectivity index (χ4n) is 3.25. The summed E-state index contributed by atoms with van der Waals surface area (Å²) in [6, 6.07) is 20.0. The topological polar surface area (TPSA) is 38.8 Å². The Labute approximate surface area is 155 Å². The molecule has 26 heavy (non-hydrogen) atoms. The number of hydrogen-bond acceptors (Lipinski definition) is 3. The second kappa shape index (κ2) is 7.12. The highest BCUT2D eigenvalue weighted by Gasteiger charge is 2.52. The summed E-state index contributed by atoms with van der Waals surface area (Å²) in [6.45, 7) is 8.71. The summed E-state index contributed by atoms with van der Waals surface area (Å²) in [4.78, 5) is 14.8. The predicted octanol–water partition coefficient (Wildman–Crippen LogP) is 4.95. The van der Waals surface area contributed by atoms with Gasteiger partial charge in [0.2, 0.25) is 0 Å². The number of amides is 1. The predicted molar refractivity (Wildman–Crippen MR) is 102 cm³/mol. The Balaban J connectivity index is 1.90. The lowest BCUT2D eigenvalue weighted by Crippen LogP contribution is -2.63. The number of hydrogen-bond donors (Lipinski definition) is 0. The minimum atomic E-state index is -0.546. The summed E-state index contributed by atoms with van der Waals surface area (Å²) in [5, 5.41) is 0. The lowest BCUT2D eigenvalue weighted by atomic mass is 9.83. The van der Waals surface area contributed by atoms with Gasteiger partial charge in [-0.1, -0.05) is 60.7 Å². The van der Waals surface area contributed by atoms with Crippen molar-refractivity contribution in [2.75, 3.05) is 6.61 Å². The van der Waals surface area contributed by atoms with Gasteiger partial charge in [-0.15, -0.1) is 0 Å². The van der Waals surface area contributed by atoms with Crippen LogP contribution in [0.25, 0.3) is 0 Å². The third kappa shape index (κ3) is 3.91. The van der Waals surface area contributed by atoms with E-state index in [1.807, 2.05) is 86.3 Å². The molecule has 1 saturated heterocycles. The zero-order chi connectivity index (χ0) is 18.8. The fraction of sp³-hybridized carbons (Fsp3) is 0.409. The molecule has 0 N–H and O–H groups in total. The van der Waals surface area contributed by atoms with Gasteiger partial charge in [-0.2, -0.15) is 0 Å². The van der Waals surface area contributed by atoms with Gasteiger partial charge < -0.3 is 9.47 Å². The first-order valence-corrected chi connectivity index (χ1v) is 9.01. The van der Waals surface area contributed by atoms with Crippen molar-refractivity contribution < 1.29 is 14.3 Å². The second-order valence-electron chi connectivity index (χ2n) is 8.01. The van der Waals surface area contributed by atoms with E-state index >= 15 is 0 Å². The van der Waals surface area contributed by atoms with Crippen molar-refractivity contribution in [2.24, 2.45) is 0 Å². The van der Waals surface area contributed by atoms with Crippen LogP contribution >= 0.6 is 0 Å². The average Bonchev–Trinajstić information content (AvgIpc) is 2.58. The van der Waals surface area contributed by atoms with Crippen molar-refractivity contribution in [3.8, 4) is 0 Å². The number of carbonyl (C=O) groups is 1. The molecule has 2 atom stereocenters. The maximum absolute atomic E-state index is 13.0. The van der Waals surface area contributed by atoms with Crippen molar-refractivity contribution in [1.29, 1.82) is 0 Å². The summed E-state index contributed by atoms with van der Waals surface area (Å²) >= 11 is 0. The highest BCUT2D eigenvalue weighted by atomic mass is 16.6. The lowest BCUT2D eigenvalue weighted by molar-refractivity contribution is -0.194. The van der Waals surface area contributed by atoms with Gasteiger partial charge in [0.25, 0.3) is 0 Å². The highest BCUT2D eigenvalue weighted by molar-refractivity contribution is 5.70. The quantitative estimate of drug-likeness (QED) is 0.780. The smallest absolute Gasteiger partial charge is 0.411 e. The van der Waals surface area contributed by atoms with Crippen LogP contribution in [0.2, 0.25) is 0 Å². The van der Waals surface area contributed by atoms with Gasteiger partial charge in [0, 0.05) is 6.54 Å². The Morgan fingerprint density at radius 3 is 2.19 bits per heavy atom. The molecule has 1 aliphatic rings. The van der Waals surface area contributed by atoms with Crippen molar-refractivity contribution in [3.05, 3.63) is 71.8 Å². The van der Waals surface area contributed by atoms with Crippen LogP contribution in [-0.4, -0.2) is 28.7 Å². The Kier molecular flexibility index (Phi) is 5.05. The van der Waals surface area contributed by atoms with E-state index in [0.29, 0.717) is 13.2 Å². The normalized spacial score (nSPS) is 22.4. The molecular formula is C22H27NO3. The Morgan fingerprint density at radius 1 is 1.12 bits per heavy atom. The van der Waals surface area contributed by atoms with Crippen LogP contribution in [0.1, 0.15) is 44.9 Å². The molecule has 4 heteroatoms. The zero-order valence-corrected chi connectivity index (χ0v) is 15.9. The number of carbonyl (C=O) groups excluding carboxylic acids is 1. The zero-order valence-electron chi connectivity index (χ0n) is 15.9. The molecule has 1 heterocycles. The second-order valence-corrected chi connectivity index (χ2v) is 8.01. The molecule has 0 saturated carbocycles. The number of rotatable bonds is 4. The maximum Gasteiger partial charge on any atom is 0.411 e. The molecule has 138 valence electrons. The van der Waals surface area contributed by atoms with E-state index in [4.69, 9.17) is 9.47 Å². The van der Waals surface area contributed by atoms with Gasteiger partial charge in [0.1, 0.15) is 11.7 Å². The molecule has 0 aromatic heterocycles. The SMILES string of the molecule is CC(C)(C)OC(=O)N(Cc1ccccc1)[C@]1(C)CO[C@H]1c1ccccc1. The first-order valence-electron chi connectivity index (χ1n) is 9.01. The van der Waals surface area contributed by atoms with E-state index in [9.17, 15) is 4.79 Å². The van der Waals surface area contributed by atoms with E-state index < -0.39 is 11.1 Å². The van der Waals surface area contributed by atoms with Crippen molar-refractivity contribution in [3.63, 3.8) is 0 Å². The van der Waals surface area contributed by atoms with Gasteiger partial charge >= 0.3 is 6.09 Å². The van der Waals surface area contributed by atoms with Crippen LogP contribution in [0.3, 0.4) is 0 Å². The average molecular weight is 353 g/mol. The number of nitrogens with zero attached hydrogens (tertiary/aromatic N) is 1. The summed E-state index contributed by atoms with van der Waals surface area (Å²) < 4.78 is 11.6. The first-order chi connectivity index (χ1) is 12.3. The standard InChI is InChI=1S/C22H27NO3/c1-21(2,3)26-20(24)23(15-17-11-7-5-8-12-17)22(4)16-25-19(22)18-13-9-6-10-14-18/h5-14,19H,15-16H2,1-4H3/t19-,22+/m0/s1. The molecule has 0 unspecified atom stereocenters. The van der Waals surface area contributed by atoms with Crippen molar-refractivity contribution in [2.45, 2.75) is 51.5 Å². The summed E-state index contributed by atoms with van der Waals surface area (Å²) in [6.07, 6.45) is -0.479. The van der Waals surface area contributed by atoms with Crippen LogP contribution in [-0.2, 0) is 16.0 Å². The molecule has 2 aromatic carbocycles. The maximum atomic E-state index is 13.0.